The van der Waals surface area contributed by atoms with Gasteiger partial charge in [-0.3, -0.25) is 4.79 Å². The standard InChI is InChI=1S/C34H39N3O6S/c1-21(2)16-30(36-44(40,41)28-12-8-22(3)9-13-28)34(39)43-32(31-24(5)17-26(18-25(31)6)33(38)42-7)29-19-27(11-10-23(29)4)37-15-14-35-20-37/h8-15,17-21,30,32,36H,16H2,1-7H3. The van der Waals surface area contributed by atoms with Crippen molar-refractivity contribution in [2.45, 2.75) is 65.0 Å². The van der Waals surface area contributed by atoms with Crippen molar-refractivity contribution in [1.82, 2.24) is 14.3 Å². The van der Waals surface area contributed by atoms with Crippen LogP contribution in [0.5, 0.6) is 0 Å². The fourth-order valence-electron chi connectivity index (χ4n) is 5.22. The van der Waals surface area contributed by atoms with E-state index in [4.69, 9.17) is 9.47 Å². The van der Waals surface area contributed by atoms with Gasteiger partial charge >= 0.3 is 11.9 Å². The van der Waals surface area contributed by atoms with E-state index in [-0.39, 0.29) is 17.2 Å². The van der Waals surface area contributed by atoms with Gasteiger partial charge in [0.1, 0.15) is 6.04 Å². The predicted molar refractivity (Wildman–Crippen MR) is 168 cm³/mol. The first-order valence-electron chi connectivity index (χ1n) is 14.4. The van der Waals surface area contributed by atoms with Gasteiger partial charge in [0.25, 0.3) is 0 Å². The first-order valence-corrected chi connectivity index (χ1v) is 15.9. The summed E-state index contributed by atoms with van der Waals surface area (Å²) in [7, 11) is -2.70. The summed E-state index contributed by atoms with van der Waals surface area (Å²) < 4.78 is 42.4. The maximum atomic E-state index is 14.0. The molecule has 0 spiro atoms. The molecule has 44 heavy (non-hydrogen) atoms. The van der Waals surface area contributed by atoms with Crippen molar-refractivity contribution in [2.24, 2.45) is 5.92 Å². The highest BCUT2D eigenvalue weighted by Gasteiger charge is 2.32. The number of hydrogen-bond acceptors (Lipinski definition) is 7. The number of imidazole rings is 1. The smallest absolute Gasteiger partial charge is 0.337 e. The highest BCUT2D eigenvalue weighted by atomic mass is 32.2. The number of esters is 2. The van der Waals surface area contributed by atoms with E-state index < -0.39 is 34.1 Å². The van der Waals surface area contributed by atoms with Gasteiger partial charge in [-0.05, 0) is 93.1 Å². The third-order valence-electron chi connectivity index (χ3n) is 7.48. The quantitative estimate of drug-likeness (QED) is 0.208. The molecule has 0 aliphatic heterocycles. The number of carbonyl (C=O) groups excluding carboxylic acids is 2. The molecule has 3 aromatic carbocycles. The van der Waals surface area contributed by atoms with E-state index in [0.717, 1.165) is 27.9 Å². The Labute approximate surface area is 259 Å². The molecule has 0 fully saturated rings. The van der Waals surface area contributed by atoms with E-state index in [0.29, 0.717) is 16.7 Å². The number of benzene rings is 3. The molecular weight excluding hydrogens is 578 g/mol. The number of hydrogen-bond donors (Lipinski definition) is 1. The Morgan fingerprint density at radius 2 is 1.59 bits per heavy atom. The van der Waals surface area contributed by atoms with Crippen LogP contribution in [0.2, 0.25) is 0 Å². The number of sulfonamides is 1. The molecule has 4 rings (SSSR count). The number of rotatable bonds is 11. The van der Waals surface area contributed by atoms with E-state index in [9.17, 15) is 18.0 Å². The van der Waals surface area contributed by atoms with Crippen LogP contribution in [0.15, 0.2) is 78.2 Å². The molecule has 232 valence electrons. The lowest BCUT2D eigenvalue weighted by Gasteiger charge is -2.28. The van der Waals surface area contributed by atoms with Crippen LogP contribution < -0.4 is 4.72 Å². The van der Waals surface area contributed by atoms with Crippen LogP contribution in [-0.2, 0) is 24.3 Å². The number of nitrogens with one attached hydrogen (secondary N) is 1. The SMILES string of the molecule is COC(=O)c1cc(C)c(C(OC(=O)C(CC(C)C)NS(=O)(=O)c2ccc(C)cc2)c2cc(-n3ccnc3)ccc2C)c(C)c1. The van der Waals surface area contributed by atoms with Gasteiger partial charge in [0.05, 0.1) is 23.9 Å². The molecule has 10 heteroatoms. The second kappa shape index (κ2) is 13.6. The maximum Gasteiger partial charge on any atom is 0.337 e. The molecule has 9 nitrogen and oxygen atoms in total. The van der Waals surface area contributed by atoms with Crippen molar-refractivity contribution < 1.29 is 27.5 Å². The second-order valence-electron chi connectivity index (χ2n) is 11.5. The summed E-state index contributed by atoms with van der Waals surface area (Å²) in [5.74, 6) is -1.19. The van der Waals surface area contributed by atoms with Crippen molar-refractivity contribution in [3.63, 3.8) is 0 Å². The Bertz CT molecular complexity index is 1720. The predicted octanol–water partition coefficient (Wildman–Crippen LogP) is 5.92. The minimum atomic E-state index is -4.02. The third kappa shape index (κ3) is 7.43. The molecule has 2 atom stereocenters. The Balaban J connectivity index is 1.81. The zero-order valence-corrected chi connectivity index (χ0v) is 26.9. The molecule has 0 amide bonds. The fraction of sp³-hybridized carbons (Fsp3) is 0.324. The molecule has 0 saturated carbocycles. The molecule has 0 bridgehead atoms. The van der Waals surface area contributed by atoms with Crippen LogP contribution in [0.25, 0.3) is 5.69 Å². The van der Waals surface area contributed by atoms with Gasteiger partial charge in [0, 0.05) is 29.2 Å². The van der Waals surface area contributed by atoms with Gasteiger partial charge in [0.2, 0.25) is 10.0 Å². The average Bonchev–Trinajstić information content (AvgIpc) is 3.51. The number of methoxy groups -OCH3 is 1. The molecule has 0 aliphatic rings. The van der Waals surface area contributed by atoms with E-state index in [1.54, 1.807) is 36.8 Å². The van der Waals surface area contributed by atoms with Crippen LogP contribution in [0.3, 0.4) is 0 Å². The highest BCUT2D eigenvalue weighted by Crippen LogP contribution is 2.36. The van der Waals surface area contributed by atoms with Crippen molar-refractivity contribution >= 4 is 22.0 Å². The Hall–Kier alpha value is -4.28. The van der Waals surface area contributed by atoms with Crippen LogP contribution in [0.1, 0.15) is 70.1 Å². The van der Waals surface area contributed by atoms with Crippen LogP contribution in [0, 0.1) is 33.6 Å². The van der Waals surface area contributed by atoms with Crippen LogP contribution in [0.4, 0.5) is 0 Å². The van der Waals surface area contributed by atoms with Crippen molar-refractivity contribution in [2.75, 3.05) is 7.11 Å². The lowest BCUT2D eigenvalue weighted by Crippen LogP contribution is -2.43. The third-order valence-corrected chi connectivity index (χ3v) is 8.97. The van der Waals surface area contributed by atoms with Gasteiger partial charge in [-0.15, -0.1) is 0 Å². The van der Waals surface area contributed by atoms with Gasteiger partial charge in [-0.1, -0.05) is 37.6 Å². The molecular formula is C34H39N3O6S. The van der Waals surface area contributed by atoms with Crippen molar-refractivity contribution in [3.05, 3.63) is 112 Å². The number of nitrogens with zero attached hydrogens (tertiary/aromatic N) is 2. The van der Waals surface area contributed by atoms with Gasteiger partial charge in [-0.25, -0.2) is 18.2 Å². The van der Waals surface area contributed by atoms with Crippen LogP contribution >= 0.6 is 0 Å². The average molecular weight is 618 g/mol. The molecule has 2 unspecified atom stereocenters. The minimum Gasteiger partial charge on any atom is -0.465 e. The summed E-state index contributed by atoms with van der Waals surface area (Å²) in [6, 6.07) is 14.5. The minimum absolute atomic E-state index is 0.0131. The van der Waals surface area contributed by atoms with E-state index in [1.807, 2.05) is 70.5 Å². The summed E-state index contributed by atoms with van der Waals surface area (Å²) in [6.07, 6.45) is 4.49. The number of ether oxygens (including phenoxy) is 2. The molecule has 0 aliphatic carbocycles. The molecule has 1 N–H and O–H groups in total. The lowest BCUT2D eigenvalue weighted by molar-refractivity contribution is -0.150. The summed E-state index contributed by atoms with van der Waals surface area (Å²) >= 11 is 0. The largest absolute Gasteiger partial charge is 0.465 e. The highest BCUT2D eigenvalue weighted by molar-refractivity contribution is 7.89. The zero-order valence-electron chi connectivity index (χ0n) is 26.1. The fourth-order valence-corrected chi connectivity index (χ4v) is 6.42. The topological polar surface area (TPSA) is 117 Å². The maximum absolute atomic E-state index is 14.0. The Kier molecular flexibility index (Phi) is 10.1. The van der Waals surface area contributed by atoms with Gasteiger partial charge in [0.15, 0.2) is 6.10 Å². The zero-order chi connectivity index (χ0) is 32.2. The summed E-state index contributed by atoms with van der Waals surface area (Å²) in [5, 5.41) is 0. The molecule has 0 saturated heterocycles. The summed E-state index contributed by atoms with van der Waals surface area (Å²) in [5.41, 5.74) is 5.82. The van der Waals surface area contributed by atoms with Gasteiger partial charge < -0.3 is 14.0 Å². The first-order chi connectivity index (χ1) is 20.8. The second-order valence-corrected chi connectivity index (χ2v) is 13.2. The first kappa shape index (κ1) is 32.6. The summed E-state index contributed by atoms with van der Waals surface area (Å²) in [6.45, 7) is 11.3. The molecule has 4 aromatic rings. The number of aryl methyl sites for hydroxylation is 4. The van der Waals surface area contributed by atoms with E-state index in [2.05, 4.69) is 9.71 Å². The normalized spacial score (nSPS) is 13.0. The van der Waals surface area contributed by atoms with Crippen molar-refractivity contribution in [1.29, 1.82) is 0 Å². The summed E-state index contributed by atoms with van der Waals surface area (Å²) in [4.78, 5) is 30.6. The monoisotopic (exact) mass is 617 g/mol. The van der Waals surface area contributed by atoms with Crippen LogP contribution in [-0.4, -0.2) is 43.1 Å². The Morgan fingerprint density at radius 1 is 0.932 bits per heavy atom. The number of aromatic nitrogens is 2. The van der Waals surface area contributed by atoms with Gasteiger partial charge in [-0.2, -0.15) is 4.72 Å². The number of carbonyl (C=O) groups is 2. The molecule has 1 aromatic heterocycles. The molecule has 1 heterocycles. The Morgan fingerprint density at radius 3 is 2.16 bits per heavy atom. The molecule has 0 radical (unpaired) electrons. The van der Waals surface area contributed by atoms with E-state index >= 15 is 0 Å². The van der Waals surface area contributed by atoms with E-state index in [1.165, 1.54) is 19.2 Å². The van der Waals surface area contributed by atoms with Crippen molar-refractivity contribution in [3.8, 4) is 5.69 Å². The lowest BCUT2D eigenvalue weighted by atomic mass is 9.89.